The van der Waals surface area contributed by atoms with E-state index in [1.807, 2.05) is 27.7 Å². The molecular formula is C16H20FNO2. The number of carbonyl (C=O) groups is 1. The lowest BCUT2D eigenvalue weighted by Gasteiger charge is -2.28. The van der Waals surface area contributed by atoms with Crippen LogP contribution >= 0.6 is 0 Å². The minimum Gasteiger partial charge on any atom is -0.384 e. The second-order valence-corrected chi connectivity index (χ2v) is 5.72. The van der Waals surface area contributed by atoms with Crippen LogP contribution in [-0.2, 0) is 0 Å². The maximum absolute atomic E-state index is 13.7. The Labute approximate surface area is 119 Å². The summed E-state index contributed by atoms with van der Waals surface area (Å²) in [5, 5.41) is 11.4. The normalized spacial score (nSPS) is 12.3. The summed E-state index contributed by atoms with van der Waals surface area (Å²) in [5.74, 6) is 4.07. The molecule has 1 aromatic rings. The van der Waals surface area contributed by atoms with Crippen molar-refractivity contribution in [3.63, 3.8) is 0 Å². The lowest BCUT2D eigenvalue weighted by molar-refractivity contribution is 0.0906. The summed E-state index contributed by atoms with van der Waals surface area (Å²) >= 11 is 0. The zero-order valence-electron chi connectivity index (χ0n) is 12.2. The minimum atomic E-state index is -0.585. The molecule has 0 fully saturated rings. The lowest BCUT2D eigenvalue weighted by atomic mass is 9.88. The van der Waals surface area contributed by atoms with Gasteiger partial charge in [0, 0.05) is 11.6 Å². The number of nitrogens with one attached hydrogen (secondary N) is 1. The van der Waals surface area contributed by atoms with Crippen molar-refractivity contribution in [2.24, 2.45) is 5.41 Å². The van der Waals surface area contributed by atoms with Crippen molar-refractivity contribution in [2.75, 3.05) is 6.61 Å². The van der Waals surface area contributed by atoms with Gasteiger partial charge in [-0.15, -0.1) is 0 Å². The summed E-state index contributed by atoms with van der Waals surface area (Å²) in [6.07, 6.45) is 0. The summed E-state index contributed by atoms with van der Waals surface area (Å²) in [7, 11) is 0. The van der Waals surface area contributed by atoms with E-state index in [9.17, 15) is 9.18 Å². The molecule has 1 amide bonds. The van der Waals surface area contributed by atoms with Crippen LogP contribution in [0.5, 0.6) is 0 Å². The number of aliphatic hydroxyl groups excluding tert-OH is 1. The molecule has 0 aromatic heterocycles. The first kappa shape index (κ1) is 16.2. The van der Waals surface area contributed by atoms with Gasteiger partial charge in [-0.2, -0.15) is 0 Å². The molecule has 0 aliphatic rings. The van der Waals surface area contributed by atoms with Gasteiger partial charge in [0.1, 0.15) is 12.4 Å². The van der Waals surface area contributed by atoms with Gasteiger partial charge in [-0.05, 0) is 30.5 Å². The third kappa shape index (κ3) is 4.36. The Bertz CT molecular complexity index is 550. The van der Waals surface area contributed by atoms with Gasteiger partial charge in [-0.25, -0.2) is 4.39 Å². The maximum Gasteiger partial charge on any atom is 0.254 e. The fraction of sp³-hybridized carbons (Fsp3) is 0.438. The second-order valence-electron chi connectivity index (χ2n) is 5.72. The lowest BCUT2D eigenvalue weighted by Crippen LogP contribution is -2.41. The Morgan fingerprint density at radius 1 is 1.45 bits per heavy atom. The highest BCUT2D eigenvalue weighted by atomic mass is 19.1. The highest BCUT2D eigenvalue weighted by Gasteiger charge is 2.23. The van der Waals surface area contributed by atoms with Crippen molar-refractivity contribution in [3.05, 3.63) is 35.1 Å². The number of halogens is 1. The summed E-state index contributed by atoms with van der Waals surface area (Å²) < 4.78 is 13.7. The van der Waals surface area contributed by atoms with Crippen molar-refractivity contribution in [1.29, 1.82) is 0 Å². The van der Waals surface area contributed by atoms with Gasteiger partial charge >= 0.3 is 0 Å². The highest BCUT2D eigenvalue weighted by molar-refractivity contribution is 5.95. The molecule has 0 spiro atoms. The van der Waals surface area contributed by atoms with Crippen LogP contribution in [0.4, 0.5) is 4.39 Å². The quantitative estimate of drug-likeness (QED) is 0.815. The first-order valence-electron chi connectivity index (χ1n) is 6.46. The summed E-state index contributed by atoms with van der Waals surface area (Å²) in [5.41, 5.74) is 0.348. The molecule has 3 nitrogen and oxygen atoms in total. The fourth-order valence-corrected chi connectivity index (χ4v) is 1.41. The predicted octanol–water partition coefficient (Wildman–Crippen LogP) is 2.33. The molecule has 1 rings (SSSR count). The van der Waals surface area contributed by atoms with Crippen LogP contribution in [0.25, 0.3) is 0 Å². The highest BCUT2D eigenvalue weighted by Crippen LogP contribution is 2.19. The molecule has 0 aliphatic carbocycles. The van der Waals surface area contributed by atoms with E-state index in [1.165, 1.54) is 18.2 Å². The summed E-state index contributed by atoms with van der Waals surface area (Å²) in [6.45, 7) is 7.59. The molecule has 108 valence electrons. The molecule has 0 aliphatic heterocycles. The van der Waals surface area contributed by atoms with Gasteiger partial charge in [0.25, 0.3) is 5.91 Å². The Morgan fingerprint density at radius 3 is 2.65 bits per heavy atom. The van der Waals surface area contributed by atoms with Crippen molar-refractivity contribution in [1.82, 2.24) is 5.32 Å². The van der Waals surface area contributed by atoms with E-state index < -0.39 is 11.7 Å². The van der Waals surface area contributed by atoms with E-state index in [0.717, 1.165) is 0 Å². The first-order chi connectivity index (χ1) is 9.25. The minimum absolute atomic E-state index is 0.0363. The molecule has 1 atom stereocenters. The van der Waals surface area contributed by atoms with Gasteiger partial charge in [0.05, 0.1) is 5.56 Å². The third-order valence-corrected chi connectivity index (χ3v) is 3.17. The molecule has 0 saturated heterocycles. The largest absolute Gasteiger partial charge is 0.384 e. The molecule has 0 bridgehead atoms. The Balaban J connectivity index is 2.98. The number of carbonyl (C=O) groups excluding carboxylic acids is 1. The van der Waals surface area contributed by atoms with E-state index in [4.69, 9.17) is 5.11 Å². The van der Waals surface area contributed by atoms with Crippen molar-refractivity contribution >= 4 is 5.91 Å². The van der Waals surface area contributed by atoms with Crippen LogP contribution in [0.1, 0.15) is 43.6 Å². The van der Waals surface area contributed by atoms with Crippen molar-refractivity contribution in [2.45, 2.75) is 33.7 Å². The average molecular weight is 277 g/mol. The molecule has 0 saturated carbocycles. The van der Waals surface area contributed by atoms with Gasteiger partial charge in [-0.1, -0.05) is 32.6 Å². The van der Waals surface area contributed by atoms with Crippen LogP contribution < -0.4 is 5.32 Å². The third-order valence-electron chi connectivity index (χ3n) is 3.17. The number of rotatable bonds is 2. The molecule has 4 heteroatoms. The average Bonchev–Trinajstić information content (AvgIpc) is 2.36. The van der Waals surface area contributed by atoms with Gasteiger partial charge < -0.3 is 10.4 Å². The Morgan fingerprint density at radius 2 is 2.10 bits per heavy atom. The molecule has 2 N–H and O–H groups in total. The number of amides is 1. The maximum atomic E-state index is 13.7. The molecule has 0 radical (unpaired) electrons. The zero-order valence-corrected chi connectivity index (χ0v) is 12.2. The van der Waals surface area contributed by atoms with Crippen molar-refractivity contribution < 1.29 is 14.3 Å². The first-order valence-corrected chi connectivity index (χ1v) is 6.46. The van der Waals surface area contributed by atoms with Crippen LogP contribution in [-0.4, -0.2) is 23.7 Å². The number of hydrogen-bond acceptors (Lipinski definition) is 2. The van der Waals surface area contributed by atoms with E-state index in [2.05, 4.69) is 17.2 Å². The van der Waals surface area contributed by atoms with Crippen LogP contribution in [0.3, 0.4) is 0 Å². The van der Waals surface area contributed by atoms with Gasteiger partial charge in [-0.3, -0.25) is 4.79 Å². The standard InChI is InChI=1S/C16H20FNO2/c1-11(16(2,3)4)18-15(20)13-10-12(6-5-9-19)7-8-14(13)17/h7-8,10-11,19H,9H2,1-4H3,(H,18,20). The SMILES string of the molecule is CC(NC(=O)c1cc(C#CCO)ccc1F)C(C)(C)C. The number of benzene rings is 1. The molecule has 0 heterocycles. The monoisotopic (exact) mass is 277 g/mol. The van der Waals surface area contributed by atoms with E-state index in [1.54, 1.807) is 0 Å². The van der Waals surface area contributed by atoms with Crippen LogP contribution in [0.15, 0.2) is 18.2 Å². The Hall–Kier alpha value is -1.86. The van der Waals surface area contributed by atoms with E-state index in [-0.39, 0.29) is 23.6 Å². The predicted molar refractivity (Wildman–Crippen MR) is 76.7 cm³/mol. The van der Waals surface area contributed by atoms with E-state index >= 15 is 0 Å². The molecule has 1 aromatic carbocycles. The smallest absolute Gasteiger partial charge is 0.254 e. The number of hydrogen-bond donors (Lipinski definition) is 2. The molecular weight excluding hydrogens is 257 g/mol. The van der Waals surface area contributed by atoms with E-state index in [0.29, 0.717) is 5.56 Å². The number of aliphatic hydroxyl groups is 1. The topological polar surface area (TPSA) is 49.3 Å². The van der Waals surface area contributed by atoms with Gasteiger partial charge in [0.2, 0.25) is 0 Å². The van der Waals surface area contributed by atoms with Crippen LogP contribution in [0, 0.1) is 23.1 Å². The van der Waals surface area contributed by atoms with Gasteiger partial charge in [0.15, 0.2) is 0 Å². The Kier molecular flexibility index (Phi) is 5.29. The molecule has 1 unspecified atom stereocenters. The van der Waals surface area contributed by atoms with Crippen LogP contribution in [0.2, 0.25) is 0 Å². The summed E-state index contributed by atoms with van der Waals surface area (Å²) in [6, 6.07) is 3.98. The summed E-state index contributed by atoms with van der Waals surface area (Å²) in [4.78, 5) is 12.1. The van der Waals surface area contributed by atoms with Crippen molar-refractivity contribution in [3.8, 4) is 11.8 Å². The molecule has 20 heavy (non-hydrogen) atoms. The second kappa shape index (κ2) is 6.53. The fourth-order valence-electron chi connectivity index (χ4n) is 1.41. The zero-order chi connectivity index (χ0) is 15.3.